The molecule has 1 aromatic heterocycles. The molecular formula is C14H16N2OS. The van der Waals surface area contributed by atoms with Crippen LogP contribution in [0.15, 0.2) is 29.2 Å². The van der Waals surface area contributed by atoms with Crippen molar-refractivity contribution in [1.82, 2.24) is 4.98 Å². The topological polar surface area (TPSA) is 45.9 Å². The summed E-state index contributed by atoms with van der Waals surface area (Å²) in [7, 11) is 0.181. The van der Waals surface area contributed by atoms with Gasteiger partial charge in [0.15, 0.2) is 0 Å². The fraction of sp³-hybridized carbons (Fsp3) is 0.286. The summed E-state index contributed by atoms with van der Waals surface area (Å²) < 4.78 is 5.25. The van der Waals surface area contributed by atoms with Crippen LogP contribution < -0.4 is 4.74 Å². The number of aromatic nitrogens is 1. The molecule has 0 aliphatic heterocycles. The van der Waals surface area contributed by atoms with Crippen molar-refractivity contribution in [3.8, 4) is 11.2 Å². The molecule has 0 aliphatic rings. The maximum Gasteiger partial charge on any atom is 0.119 e. The number of aryl methyl sites for hydroxylation is 1. The quantitative estimate of drug-likeness (QED) is 0.777. The highest BCUT2D eigenvalue weighted by Gasteiger charge is 2.18. The molecule has 4 heteroatoms. The van der Waals surface area contributed by atoms with Gasteiger partial charge >= 0.3 is 0 Å². The highest BCUT2D eigenvalue weighted by atomic mass is 32.3. The Morgan fingerprint density at radius 1 is 1.28 bits per heavy atom. The van der Waals surface area contributed by atoms with Crippen LogP contribution in [0, 0.1) is 17.6 Å². The zero-order chi connectivity index (χ0) is 13.3. The molecule has 0 aliphatic carbocycles. The molecule has 0 saturated heterocycles. The smallest absolute Gasteiger partial charge is 0.119 e. The number of rotatable bonds is 2. The lowest BCUT2D eigenvalue weighted by Gasteiger charge is -2.24. The van der Waals surface area contributed by atoms with Crippen molar-refractivity contribution in [2.24, 2.45) is 0 Å². The largest absolute Gasteiger partial charge is 0.497 e. The molecular weight excluding hydrogens is 244 g/mol. The van der Waals surface area contributed by atoms with Gasteiger partial charge in [0.2, 0.25) is 0 Å². The molecule has 2 aromatic rings. The summed E-state index contributed by atoms with van der Waals surface area (Å²) in [6.45, 7) is 1.96. The van der Waals surface area contributed by atoms with Gasteiger partial charge in [-0.2, -0.15) is 5.26 Å². The number of nitrogens with zero attached hydrogens (tertiary/aromatic N) is 2. The normalized spacial score (nSPS) is 12.2. The zero-order valence-electron chi connectivity index (χ0n) is 11.0. The van der Waals surface area contributed by atoms with Gasteiger partial charge in [0.25, 0.3) is 0 Å². The minimum absolute atomic E-state index is 0.794. The van der Waals surface area contributed by atoms with Gasteiger partial charge in [-0.05, 0) is 43.7 Å². The highest BCUT2D eigenvalue weighted by molar-refractivity contribution is 8.36. The number of pyridine rings is 1. The van der Waals surface area contributed by atoms with E-state index in [9.17, 15) is 5.26 Å². The van der Waals surface area contributed by atoms with Crippen LogP contribution >= 0.6 is 10.0 Å². The summed E-state index contributed by atoms with van der Waals surface area (Å²) in [5.41, 5.74) is 1.86. The third kappa shape index (κ3) is 2.14. The summed E-state index contributed by atoms with van der Waals surface area (Å²) in [6.07, 6.45) is 4.00. The second kappa shape index (κ2) is 4.51. The fourth-order valence-electron chi connectivity index (χ4n) is 1.90. The molecule has 0 fully saturated rings. The van der Waals surface area contributed by atoms with E-state index in [1.54, 1.807) is 7.11 Å². The van der Waals surface area contributed by atoms with E-state index in [1.165, 1.54) is 0 Å². The van der Waals surface area contributed by atoms with E-state index in [0.29, 0.717) is 0 Å². The number of methoxy groups -OCH3 is 1. The molecule has 18 heavy (non-hydrogen) atoms. The number of nitriles is 1. The Balaban J connectivity index is 2.82. The number of thiocyanates is 1. The summed E-state index contributed by atoms with van der Waals surface area (Å²) >= 11 is 0. The summed E-state index contributed by atoms with van der Waals surface area (Å²) in [5, 5.41) is 12.8. The summed E-state index contributed by atoms with van der Waals surface area (Å²) in [5.74, 6) is 0.794. The van der Waals surface area contributed by atoms with Crippen molar-refractivity contribution in [3.63, 3.8) is 0 Å². The first-order chi connectivity index (χ1) is 8.47. The molecule has 0 unspecified atom stereocenters. The SMILES string of the molecule is COc1ccc2nc(C)cc(S(C)(C)C#N)c2c1. The molecule has 0 amide bonds. The van der Waals surface area contributed by atoms with E-state index in [-0.39, 0.29) is 0 Å². The number of hydrogen-bond donors (Lipinski definition) is 0. The lowest BCUT2D eigenvalue weighted by molar-refractivity contribution is 0.415. The minimum Gasteiger partial charge on any atom is -0.497 e. The third-order valence-corrected chi connectivity index (χ3v) is 4.78. The van der Waals surface area contributed by atoms with Crippen LogP contribution in [0.3, 0.4) is 0 Å². The first kappa shape index (κ1) is 12.7. The van der Waals surface area contributed by atoms with Gasteiger partial charge in [-0.15, -0.1) is 10.0 Å². The molecule has 0 saturated carbocycles. The van der Waals surface area contributed by atoms with Crippen molar-refractivity contribution in [3.05, 3.63) is 30.0 Å². The Bertz CT molecular complexity index is 644. The fourth-order valence-corrected chi connectivity index (χ4v) is 3.17. The lowest BCUT2D eigenvalue weighted by atomic mass is 10.2. The Kier molecular flexibility index (Phi) is 3.18. The molecule has 0 spiro atoms. The number of hydrogen-bond acceptors (Lipinski definition) is 3. The van der Waals surface area contributed by atoms with Crippen LogP contribution in [-0.4, -0.2) is 24.6 Å². The molecule has 1 heterocycles. The first-order valence-electron chi connectivity index (χ1n) is 5.57. The molecule has 0 bridgehead atoms. The molecule has 0 N–H and O–H groups in total. The summed E-state index contributed by atoms with van der Waals surface area (Å²) in [6, 6.07) is 7.81. The van der Waals surface area contributed by atoms with E-state index >= 15 is 0 Å². The van der Waals surface area contributed by atoms with Crippen molar-refractivity contribution in [1.29, 1.82) is 5.26 Å². The first-order valence-corrected chi connectivity index (χ1v) is 8.02. The second-order valence-corrected chi connectivity index (χ2v) is 7.84. The van der Waals surface area contributed by atoms with Crippen molar-refractivity contribution >= 4 is 20.9 Å². The number of ether oxygens (including phenoxy) is 1. The lowest BCUT2D eigenvalue weighted by Crippen LogP contribution is -1.97. The average Bonchev–Trinajstić information content (AvgIpc) is 2.37. The highest BCUT2D eigenvalue weighted by Crippen LogP contribution is 2.51. The van der Waals surface area contributed by atoms with Crippen LogP contribution in [0.1, 0.15) is 5.69 Å². The number of fused-ring (bicyclic) bond motifs is 1. The van der Waals surface area contributed by atoms with Gasteiger partial charge in [-0.25, -0.2) is 0 Å². The molecule has 94 valence electrons. The molecule has 1 aromatic carbocycles. The van der Waals surface area contributed by atoms with Gasteiger partial charge in [0, 0.05) is 16.0 Å². The van der Waals surface area contributed by atoms with Crippen LogP contribution in [0.4, 0.5) is 0 Å². The van der Waals surface area contributed by atoms with Crippen LogP contribution in [0.25, 0.3) is 10.9 Å². The van der Waals surface area contributed by atoms with Crippen LogP contribution in [0.2, 0.25) is 0 Å². The van der Waals surface area contributed by atoms with Gasteiger partial charge in [0.1, 0.15) is 11.2 Å². The van der Waals surface area contributed by atoms with Gasteiger partial charge < -0.3 is 4.74 Å². The van der Waals surface area contributed by atoms with Crippen molar-refractivity contribution in [2.45, 2.75) is 11.8 Å². The van der Waals surface area contributed by atoms with Crippen LogP contribution in [0.5, 0.6) is 5.75 Å². The predicted octanol–water partition coefficient (Wildman–Crippen LogP) is 3.46. The Hall–Kier alpha value is -1.73. The van der Waals surface area contributed by atoms with Crippen LogP contribution in [-0.2, 0) is 0 Å². The standard InChI is InChI=1S/C14H16N2OS/c1-10-7-14(18(3,4)9-15)12-8-11(17-2)5-6-13(12)16-10/h5-8H,1-4H3. The molecule has 0 radical (unpaired) electrons. The number of benzene rings is 1. The van der Waals surface area contributed by atoms with E-state index in [2.05, 4.69) is 10.4 Å². The maximum absolute atomic E-state index is 9.36. The molecule has 2 rings (SSSR count). The monoisotopic (exact) mass is 260 g/mol. The second-order valence-electron chi connectivity index (χ2n) is 4.56. The van der Waals surface area contributed by atoms with E-state index < -0.39 is 10.0 Å². The van der Waals surface area contributed by atoms with Gasteiger partial charge in [-0.1, -0.05) is 0 Å². The minimum atomic E-state index is -1.46. The van der Waals surface area contributed by atoms with E-state index in [1.807, 2.05) is 43.7 Å². The van der Waals surface area contributed by atoms with E-state index in [4.69, 9.17) is 4.74 Å². The predicted molar refractivity (Wildman–Crippen MR) is 76.4 cm³/mol. The third-order valence-electron chi connectivity index (χ3n) is 2.88. The van der Waals surface area contributed by atoms with Gasteiger partial charge in [-0.3, -0.25) is 4.98 Å². The molecule has 3 nitrogen and oxygen atoms in total. The van der Waals surface area contributed by atoms with Crippen molar-refractivity contribution in [2.75, 3.05) is 19.6 Å². The van der Waals surface area contributed by atoms with Crippen molar-refractivity contribution < 1.29 is 4.74 Å². The zero-order valence-corrected chi connectivity index (χ0v) is 11.8. The molecule has 0 atom stereocenters. The Labute approximate surface area is 109 Å². The summed E-state index contributed by atoms with van der Waals surface area (Å²) in [4.78, 5) is 5.58. The van der Waals surface area contributed by atoms with E-state index in [0.717, 1.165) is 27.2 Å². The Morgan fingerprint density at radius 2 is 2.00 bits per heavy atom. The Morgan fingerprint density at radius 3 is 2.61 bits per heavy atom. The maximum atomic E-state index is 9.36. The average molecular weight is 260 g/mol. The van der Waals surface area contributed by atoms with Gasteiger partial charge in [0.05, 0.1) is 12.6 Å².